The largest absolute Gasteiger partial charge is 0.461 e. The molecule has 0 aliphatic rings. The molecule has 0 aliphatic heterocycles. The van der Waals surface area contributed by atoms with E-state index in [1.807, 2.05) is 20.8 Å². The highest BCUT2D eigenvalue weighted by atomic mass is 16.5. The Morgan fingerprint density at radius 2 is 2.20 bits per heavy atom. The van der Waals surface area contributed by atoms with E-state index < -0.39 is 5.97 Å². The van der Waals surface area contributed by atoms with E-state index in [4.69, 9.17) is 10.5 Å². The second kappa shape index (κ2) is 3.92. The fourth-order valence-corrected chi connectivity index (χ4v) is 1.27. The lowest BCUT2D eigenvalue weighted by Crippen LogP contribution is -2.28. The fourth-order valence-electron chi connectivity index (χ4n) is 1.27. The van der Waals surface area contributed by atoms with Crippen molar-refractivity contribution >= 4 is 11.7 Å². The quantitative estimate of drug-likeness (QED) is 0.750. The number of rotatable bonds is 2. The number of carbonyl (C=O) groups is 1. The van der Waals surface area contributed by atoms with Gasteiger partial charge in [0.2, 0.25) is 0 Å². The Kier molecular flexibility index (Phi) is 3.02. The summed E-state index contributed by atoms with van der Waals surface area (Å²) in [6.45, 7) is 7.92. The van der Waals surface area contributed by atoms with Gasteiger partial charge in [0, 0.05) is 0 Å². The molecule has 5 nitrogen and oxygen atoms in total. The standard InChI is InChI=1S/C10H17N3O2/c1-5-15-9(14)8-7(11)6-12-13(8)10(2,3)4/h6H,5,11H2,1-4H3. The van der Waals surface area contributed by atoms with Crippen LogP contribution < -0.4 is 5.73 Å². The van der Waals surface area contributed by atoms with Gasteiger partial charge in [-0.3, -0.25) is 4.68 Å². The van der Waals surface area contributed by atoms with E-state index in [-0.39, 0.29) is 5.54 Å². The molecule has 0 atom stereocenters. The monoisotopic (exact) mass is 211 g/mol. The number of ether oxygens (including phenoxy) is 1. The molecule has 0 fully saturated rings. The average molecular weight is 211 g/mol. The summed E-state index contributed by atoms with van der Waals surface area (Å²) in [5.74, 6) is -0.428. The van der Waals surface area contributed by atoms with Gasteiger partial charge in [0.05, 0.1) is 24.0 Å². The van der Waals surface area contributed by atoms with Gasteiger partial charge in [-0.2, -0.15) is 5.10 Å². The number of hydrogen-bond donors (Lipinski definition) is 1. The first-order valence-electron chi connectivity index (χ1n) is 4.89. The van der Waals surface area contributed by atoms with Gasteiger partial charge < -0.3 is 10.5 Å². The van der Waals surface area contributed by atoms with Crippen molar-refractivity contribution in [3.05, 3.63) is 11.9 Å². The van der Waals surface area contributed by atoms with Gasteiger partial charge >= 0.3 is 5.97 Å². The van der Waals surface area contributed by atoms with E-state index in [0.29, 0.717) is 18.0 Å². The predicted molar refractivity (Wildman–Crippen MR) is 57.6 cm³/mol. The van der Waals surface area contributed by atoms with E-state index in [9.17, 15) is 4.79 Å². The van der Waals surface area contributed by atoms with Crippen LogP contribution in [0.15, 0.2) is 6.20 Å². The third kappa shape index (κ3) is 2.29. The molecule has 0 bridgehead atoms. The number of nitrogens with zero attached hydrogens (tertiary/aromatic N) is 2. The minimum atomic E-state index is -0.428. The summed E-state index contributed by atoms with van der Waals surface area (Å²) in [5, 5.41) is 4.08. The lowest BCUT2D eigenvalue weighted by Gasteiger charge is -2.21. The smallest absolute Gasteiger partial charge is 0.358 e. The Labute approximate surface area is 89.2 Å². The maximum absolute atomic E-state index is 11.6. The Morgan fingerprint density at radius 1 is 1.60 bits per heavy atom. The van der Waals surface area contributed by atoms with Crippen molar-refractivity contribution < 1.29 is 9.53 Å². The summed E-state index contributed by atoms with van der Waals surface area (Å²) in [7, 11) is 0. The van der Waals surface area contributed by atoms with Crippen molar-refractivity contribution in [2.75, 3.05) is 12.3 Å². The Balaban J connectivity index is 3.16. The van der Waals surface area contributed by atoms with Crippen LogP contribution in [0.5, 0.6) is 0 Å². The third-order valence-corrected chi connectivity index (χ3v) is 1.90. The molecule has 0 saturated carbocycles. The first-order chi connectivity index (χ1) is 6.88. The Hall–Kier alpha value is -1.52. The molecule has 15 heavy (non-hydrogen) atoms. The predicted octanol–water partition coefficient (Wildman–Crippen LogP) is 1.40. The number of esters is 1. The molecule has 1 heterocycles. The van der Waals surface area contributed by atoms with Gasteiger partial charge in [-0.15, -0.1) is 0 Å². The zero-order valence-electron chi connectivity index (χ0n) is 9.57. The number of nitrogens with two attached hydrogens (primary N) is 1. The maximum atomic E-state index is 11.6. The van der Waals surface area contributed by atoms with E-state index in [1.165, 1.54) is 6.20 Å². The average Bonchev–Trinajstić information content (AvgIpc) is 2.46. The highest BCUT2D eigenvalue weighted by Crippen LogP contribution is 2.21. The maximum Gasteiger partial charge on any atom is 0.358 e. The van der Waals surface area contributed by atoms with E-state index in [1.54, 1.807) is 11.6 Å². The molecule has 2 N–H and O–H groups in total. The molecule has 0 aliphatic carbocycles. The van der Waals surface area contributed by atoms with Gasteiger partial charge in [0.1, 0.15) is 0 Å². The normalized spacial score (nSPS) is 11.5. The van der Waals surface area contributed by atoms with Crippen LogP contribution in [-0.4, -0.2) is 22.4 Å². The molecule has 0 saturated heterocycles. The van der Waals surface area contributed by atoms with Crippen molar-refractivity contribution in [3.8, 4) is 0 Å². The molecular formula is C10H17N3O2. The topological polar surface area (TPSA) is 70.1 Å². The molecule has 1 rings (SSSR count). The fraction of sp³-hybridized carbons (Fsp3) is 0.600. The van der Waals surface area contributed by atoms with Crippen molar-refractivity contribution in [1.82, 2.24) is 9.78 Å². The molecule has 1 aromatic rings. The molecule has 0 aromatic carbocycles. The summed E-state index contributed by atoms with van der Waals surface area (Å²) in [6, 6.07) is 0. The SMILES string of the molecule is CCOC(=O)c1c(N)cnn1C(C)(C)C. The Bertz CT molecular complexity index is 363. The van der Waals surface area contributed by atoms with Crippen LogP contribution in [0.4, 0.5) is 5.69 Å². The van der Waals surface area contributed by atoms with E-state index >= 15 is 0 Å². The van der Waals surface area contributed by atoms with Crippen molar-refractivity contribution in [1.29, 1.82) is 0 Å². The first kappa shape index (κ1) is 11.6. The second-order valence-corrected chi connectivity index (χ2v) is 4.25. The summed E-state index contributed by atoms with van der Waals surface area (Å²) in [6.07, 6.45) is 1.47. The van der Waals surface area contributed by atoms with Gasteiger partial charge in [0.15, 0.2) is 5.69 Å². The van der Waals surface area contributed by atoms with E-state index in [0.717, 1.165) is 0 Å². The highest BCUT2D eigenvalue weighted by molar-refractivity contribution is 5.93. The van der Waals surface area contributed by atoms with Crippen LogP contribution in [0.25, 0.3) is 0 Å². The summed E-state index contributed by atoms with van der Waals surface area (Å²) >= 11 is 0. The second-order valence-electron chi connectivity index (χ2n) is 4.25. The summed E-state index contributed by atoms with van der Waals surface area (Å²) in [4.78, 5) is 11.6. The molecule has 1 aromatic heterocycles. The number of nitrogen functional groups attached to an aromatic ring is 1. The van der Waals surface area contributed by atoms with Crippen LogP contribution in [0.3, 0.4) is 0 Å². The summed E-state index contributed by atoms with van der Waals surface area (Å²) in [5.41, 5.74) is 6.07. The van der Waals surface area contributed by atoms with Crippen LogP contribution in [-0.2, 0) is 10.3 Å². The van der Waals surface area contributed by atoms with Gasteiger partial charge in [-0.1, -0.05) is 0 Å². The third-order valence-electron chi connectivity index (χ3n) is 1.90. The minimum absolute atomic E-state index is 0.292. The molecule has 5 heteroatoms. The van der Waals surface area contributed by atoms with Crippen LogP contribution in [0.1, 0.15) is 38.2 Å². The van der Waals surface area contributed by atoms with Gasteiger partial charge in [-0.05, 0) is 27.7 Å². The molecule has 84 valence electrons. The van der Waals surface area contributed by atoms with Crippen molar-refractivity contribution in [2.24, 2.45) is 0 Å². The molecule has 0 spiro atoms. The van der Waals surface area contributed by atoms with E-state index in [2.05, 4.69) is 5.10 Å². The number of hydrogen-bond acceptors (Lipinski definition) is 4. The first-order valence-corrected chi connectivity index (χ1v) is 4.89. The van der Waals surface area contributed by atoms with Crippen LogP contribution in [0.2, 0.25) is 0 Å². The molecule has 0 amide bonds. The van der Waals surface area contributed by atoms with Crippen LogP contribution in [0, 0.1) is 0 Å². The number of aromatic nitrogens is 2. The lowest BCUT2D eigenvalue weighted by atomic mass is 10.1. The summed E-state index contributed by atoms with van der Waals surface area (Å²) < 4.78 is 6.51. The number of carbonyl (C=O) groups excluding carboxylic acids is 1. The lowest BCUT2D eigenvalue weighted by molar-refractivity contribution is 0.0505. The van der Waals surface area contributed by atoms with Crippen LogP contribution >= 0.6 is 0 Å². The highest BCUT2D eigenvalue weighted by Gasteiger charge is 2.25. The minimum Gasteiger partial charge on any atom is -0.461 e. The number of anilines is 1. The molecule has 0 unspecified atom stereocenters. The molecular weight excluding hydrogens is 194 g/mol. The van der Waals surface area contributed by atoms with Crippen molar-refractivity contribution in [2.45, 2.75) is 33.2 Å². The zero-order chi connectivity index (χ0) is 11.6. The zero-order valence-corrected chi connectivity index (χ0v) is 9.57. The van der Waals surface area contributed by atoms with Gasteiger partial charge in [-0.25, -0.2) is 4.79 Å². The Morgan fingerprint density at radius 3 is 2.67 bits per heavy atom. The molecule has 0 radical (unpaired) electrons. The van der Waals surface area contributed by atoms with Gasteiger partial charge in [0.25, 0.3) is 0 Å². The van der Waals surface area contributed by atoms with Crippen molar-refractivity contribution in [3.63, 3.8) is 0 Å².